The average Bonchev–Trinajstić information content (AvgIpc) is 3.07. The number of aryl methyl sites for hydroxylation is 1. The van der Waals surface area contributed by atoms with Gasteiger partial charge < -0.3 is 4.90 Å². The number of nitrogens with zero attached hydrogens (tertiary/aromatic N) is 2. The van der Waals surface area contributed by atoms with Crippen molar-refractivity contribution in [1.82, 2.24) is 9.21 Å². The summed E-state index contributed by atoms with van der Waals surface area (Å²) >= 11 is 1.72. The molecule has 1 unspecified atom stereocenters. The first-order chi connectivity index (χ1) is 12.3. The molecule has 1 aliphatic heterocycles. The van der Waals surface area contributed by atoms with Crippen LogP contribution in [-0.4, -0.2) is 49.4 Å². The molecule has 0 spiro atoms. The Morgan fingerprint density at radius 2 is 2.00 bits per heavy atom. The van der Waals surface area contributed by atoms with E-state index in [4.69, 9.17) is 0 Å². The van der Waals surface area contributed by atoms with E-state index in [1.807, 2.05) is 30.0 Å². The van der Waals surface area contributed by atoms with Gasteiger partial charge in [0, 0.05) is 18.0 Å². The standard InChI is InChI=1S/C19H24N2O3S2/c1-4-20(26(3,23)24)13-18(22)21-11-9-17-16(10-12-25-17)19(21)15-8-6-5-7-14(15)2/h5-8,10,12,19H,4,9,11,13H2,1-3H3. The molecule has 7 heteroatoms. The summed E-state index contributed by atoms with van der Waals surface area (Å²) < 4.78 is 25.0. The van der Waals surface area contributed by atoms with Crippen molar-refractivity contribution in [2.24, 2.45) is 0 Å². The molecule has 0 aliphatic carbocycles. The van der Waals surface area contributed by atoms with Crippen LogP contribution in [0.2, 0.25) is 0 Å². The molecule has 26 heavy (non-hydrogen) atoms. The van der Waals surface area contributed by atoms with Crippen LogP contribution in [0.5, 0.6) is 0 Å². The zero-order valence-corrected chi connectivity index (χ0v) is 16.9. The summed E-state index contributed by atoms with van der Waals surface area (Å²) in [6, 6.07) is 10.0. The Hall–Kier alpha value is -1.70. The van der Waals surface area contributed by atoms with E-state index in [0.29, 0.717) is 6.54 Å². The van der Waals surface area contributed by atoms with Gasteiger partial charge in [-0.2, -0.15) is 4.31 Å². The number of amides is 1. The summed E-state index contributed by atoms with van der Waals surface area (Å²) in [5.41, 5.74) is 3.39. The summed E-state index contributed by atoms with van der Waals surface area (Å²) in [7, 11) is -3.40. The third-order valence-corrected chi connectivity index (χ3v) is 7.22. The van der Waals surface area contributed by atoms with Crippen LogP contribution in [0.4, 0.5) is 0 Å². The molecule has 2 aromatic rings. The molecule has 2 heterocycles. The lowest BCUT2D eigenvalue weighted by Crippen LogP contribution is -2.46. The molecule has 0 saturated heterocycles. The maximum atomic E-state index is 13.1. The second-order valence-corrected chi connectivity index (χ2v) is 9.57. The van der Waals surface area contributed by atoms with E-state index < -0.39 is 10.0 Å². The third kappa shape index (κ3) is 3.70. The normalized spacial score (nSPS) is 17.4. The first kappa shape index (κ1) is 19.1. The minimum absolute atomic E-state index is 0.114. The predicted octanol–water partition coefficient (Wildman–Crippen LogP) is 2.81. The molecule has 1 aromatic heterocycles. The fourth-order valence-electron chi connectivity index (χ4n) is 3.52. The Morgan fingerprint density at radius 3 is 2.65 bits per heavy atom. The lowest BCUT2D eigenvalue weighted by atomic mass is 9.90. The van der Waals surface area contributed by atoms with Crippen molar-refractivity contribution < 1.29 is 13.2 Å². The van der Waals surface area contributed by atoms with Crippen LogP contribution in [0.15, 0.2) is 35.7 Å². The summed E-state index contributed by atoms with van der Waals surface area (Å²) in [6.45, 7) is 4.58. The zero-order chi connectivity index (χ0) is 18.9. The van der Waals surface area contributed by atoms with Crippen molar-refractivity contribution in [3.8, 4) is 0 Å². The van der Waals surface area contributed by atoms with Crippen molar-refractivity contribution in [3.05, 3.63) is 57.3 Å². The lowest BCUT2D eigenvalue weighted by Gasteiger charge is -2.38. The van der Waals surface area contributed by atoms with Crippen LogP contribution in [-0.2, 0) is 21.2 Å². The Morgan fingerprint density at radius 1 is 1.27 bits per heavy atom. The topological polar surface area (TPSA) is 57.7 Å². The van der Waals surface area contributed by atoms with E-state index in [1.54, 1.807) is 18.3 Å². The van der Waals surface area contributed by atoms with Crippen LogP contribution < -0.4 is 0 Å². The molecule has 5 nitrogen and oxygen atoms in total. The number of likely N-dealkylation sites (N-methyl/N-ethyl adjacent to an activating group) is 1. The van der Waals surface area contributed by atoms with Crippen LogP contribution in [0, 0.1) is 6.92 Å². The summed E-state index contributed by atoms with van der Waals surface area (Å²) in [4.78, 5) is 16.2. The average molecular weight is 393 g/mol. The Labute approximate surface area is 159 Å². The predicted molar refractivity (Wildman–Crippen MR) is 105 cm³/mol. The van der Waals surface area contributed by atoms with Gasteiger partial charge in [-0.1, -0.05) is 31.2 Å². The molecule has 3 rings (SSSR count). The minimum atomic E-state index is -3.40. The van der Waals surface area contributed by atoms with Gasteiger partial charge in [0.15, 0.2) is 0 Å². The summed E-state index contributed by atoms with van der Waals surface area (Å²) in [6.07, 6.45) is 1.96. The van der Waals surface area contributed by atoms with E-state index in [1.165, 1.54) is 9.18 Å². The zero-order valence-electron chi connectivity index (χ0n) is 15.3. The number of carbonyl (C=O) groups is 1. The quantitative estimate of drug-likeness (QED) is 0.786. The monoisotopic (exact) mass is 392 g/mol. The molecule has 1 aliphatic rings. The maximum absolute atomic E-state index is 13.1. The highest BCUT2D eigenvalue weighted by atomic mass is 32.2. The first-order valence-electron chi connectivity index (χ1n) is 8.69. The van der Waals surface area contributed by atoms with E-state index in [-0.39, 0.29) is 25.0 Å². The van der Waals surface area contributed by atoms with Crippen molar-refractivity contribution in [2.75, 3.05) is 25.9 Å². The number of thiophene rings is 1. The molecular weight excluding hydrogens is 368 g/mol. The number of hydrogen-bond acceptors (Lipinski definition) is 4. The lowest BCUT2D eigenvalue weighted by molar-refractivity contribution is -0.133. The molecule has 0 radical (unpaired) electrons. The van der Waals surface area contributed by atoms with Gasteiger partial charge in [-0.3, -0.25) is 4.79 Å². The fourth-order valence-corrected chi connectivity index (χ4v) is 5.24. The SMILES string of the molecule is CCN(CC(=O)N1CCc2sccc2C1c1ccccc1C)S(C)(=O)=O. The molecule has 0 bridgehead atoms. The second-order valence-electron chi connectivity index (χ2n) is 6.58. The van der Waals surface area contributed by atoms with Crippen LogP contribution >= 0.6 is 11.3 Å². The molecule has 1 aromatic carbocycles. The van der Waals surface area contributed by atoms with Gasteiger partial charge in [0.25, 0.3) is 0 Å². The first-order valence-corrected chi connectivity index (χ1v) is 11.4. The highest BCUT2D eigenvalue weighted by Gasteiger charge is 2.34. The van der Waals surface area contributed by atoms with Crippen LogP contribution in [0.25, 0.3) is 0 Å². The Kier molecular flexibility index (Phi) is 5.50. The van der Waals surface area contributed by atoms with Crippen molar-refractivity contribution in [1.29, 1.82) is 0 Å². The highest BCUT2D eigenvalue weighted by Crippen LogP contribution is 2.38. The number of fused-ring (bicyclic) bond motifs is 1. The second kappa shape index (κ2) is 7.50. The molecular formula is C19H24N2O3S2. The number of carbonyl (C=O) groups excluding carboxylic acids is 1. The number of hydrogen-bond donors (Lipinski definition) is 0. The van der Waals surface area contributed by atoms with Crippen molar-refractivity contribution in [2.45, 2.75) is 26.3 Å². The van der Waals surface area contributed by atoms with Gasteiger partial charge >= 0.3 is 0 Å². The Balaban J connectivity index is 1.98. The van der Waals surface area contributed by atoms with Gasteiger partial charge in [-0.15, -0.1) is 11.3 Å². The van der Waals surface area contributed by atoms with Gasteiger partial charge in [0.2, 0.25) is 15.9 Å². The number of benzene rings is 1. The highest BCUT2D eigenvalue weighted by molar-refractivity contribution is 7.88. The number of rotatable bonds is 5. The summed E-state index contributed by atoms with van der Waals surface area (Å²) in [5.74, 6) is -0.151. The summed E-state index contributed by atoms with van der Waals surface area (Å²) in [5, 5.41) is 2.07. The number of sulfonamides is 1. The van der Waals surface area contributed by atoms with E-state index in [9.17, 15) is 13.2 Å². The smallest absolute Gasteiger partial charge is 0.238 e. The third-order valence-electron chi connectivity index (χ3n) is 4.90. The van der Waals surface area contributed by atoms with Crippen molar-refractivity contribution in [3.63, 3.8) is 0 Å². The molecule has 1 amide bonds. The van der Waals surface area contributed by atoms with Crippen LogP contribution in [0.1, 0.15) is 34.5 Å². The minimum Gasteiger partial charge on any atom is -0.330 e. The van der Waals surface area contributed by atoms with Gasteiger partial charge in [-0.25, -0.2) is 8.42 Å². The molecule has 140 valence electrons. The molecule has 0 N–H and O–H groups in total. The molecule has 0 fully saturated rings. The van der Waals surface area contributed by atoms with Gasteiger partial charge in [0.1, 0.15) is 0 Å². The van der Waals surface area contributed by atoms with Gasteiger partial charge in [-0.05, 0) is 41.5 Å². The Bertz CT molecular complexity index is 905. The van der Waals surface area contributed by atoms with Crippen molar-refractivity contribution >= 4 is 27.3 Å². The largest absolute Gasteiger partial charge is 0.330 e. The van der Waals surface area contributed by atoms with Gasteiger partial charge in [0.05, 0.1) is 18.8 Å². The molecule has 1 atom stereocenters. The fraction of sp³-hybridized carbons (Fsp3) is 0.421. The van der Waals surface area contributed by atoms with E-state index in [0.717, 1.165) is 29.4 Å². The van der Waals surface area contributed by atoms with E-state index in [2.05, 4.69) is 17.5 Å². The van der Waals surface area contributed by atoms with E-state index >= 15 is 0 Å². The maximum Gasteiger partial charge on any atom is 0.238 e. The molecule has 0 saturated carbocycles. The van der Waals surface area contributed by atoms with Crippen LogP contribution in [0.3, 0.4) is 0 Å².